The lowest BCUT2D eigenvalue weighted by Gasteiger charge is -2.15. The number of hydrogen-bond donors (Lipinski definition) is 2. The van der Waals surface area contributed by atoms with E-state index < -0.39 is 0 Å². The van der Waals surface area contributed by atoms with Crippen molar-refractivity contribution in [2.75, 3.05) is 0 Å². The molecule has 0 heterocycles. The van der Waals surface area contributed by atoms with Gasteiger partial charge in [0.2, 0.25) is 0 Å². The molecule has 2 aromatic rings. The Morgan fingerprint density at radius 1 is 0.739 bits per heavy atom. The van der Waals surface area contributed by atoms with E-state index in [1.807, 2.05) is 13.8 Å². The fourth-order valence-electron chi connectivity index (χ4n) is 2.43. The molecule has 0 unspecified atom stereocenters. The molecule has 23 heavy (non-hydrogen) atoms. The summed E-state index contributed by atoms with van der Waals surface area (Å²) in [6, 6.07) is 8.39. The summed E-state index contributed by atoms with van der Waals surface area (Å²) in [5, 5.41) is 20.5. The predicted molar refractivity (Wildman–Crippen MR) is 104 cm³/mol. The van der Waals surface area contributed by atoms with E-state index in [1.54, 1.807) is 11.8 Å². The van der Waals surface area contributed by atoms with Crippen LogP contribution in [0.4, 0.5) is 0 Å². The second-order valence-electron chi connectivity index (χ2n) is 5.46. The van der Waals surface area contributed by atoms with E-state index in [2.05, 4.69) is 56.1 Å². The SMILES string of the molecule is Cc1cc(Sc2cc(CO)c(C)cc2CBr)c(CBr)cc1CO. The van der Waals surface area contributed by atoms with Crippen LogP contribution in [0.25, 0.3) is 0 Å². The normalized spacial score (nSPS) is 11.0. The minimum Gasteiger partial charge on any atom is -0.392 e. The molecule has 2 nitrogen and oxygen atoms in total. The van der Waals surface area contributed by atoms with E-state index in [-0.39, 0.29) is 13.2 Å². The molecule has 5 heteroatoms. The highest BCUT2D eigenvalue weighted by Gasteiger charge is 2.12. The van der Waals surface area contributed by atoms with Gasteiger partial charge in [-0.15, -0.1) is 0 Å². The summed E-state index contributed by atoms with van der Waals surface area (Å²) in [6.45, 7) is 4.15. The Balaban J connectivity index is 2.48. The molecule has 0 aliphatic rings. The van der Waals surface area contributed by atoms with Crippen molar-refractivity contribution in [3.8, 4) is 0 Å². The smallest absolute Gasteiger partial charge is 0.0684 e. The number of aliphatic hydroxyl groups is 2. The van der Waals surface area contributed by atoms with E-state index in [9.17, 15) is 10.2 Å². The maximum atomic E-state index is 9.53. The summed E-state index contributed by atoms with van der Waals surface area (Å²) in [5.74, 6) is 0. The first-order valence-corrected chi connectivity index (χ1v) is 10.4. The van der Waals surface area contributed by atoms with Crippen LogP contribution in [0.2, 0.25) is 0 Å². The maximum Gasteiger partial charge on any atom is 0.0684 e. The van der Waals surface area contributed by atoms with Crippen molar-refractivity contribution in [2.24, 2.45) is 0 Å². The van der Waals surface area contributed by atoms with Gasteiger partial charge in [0.25, 0.3) is 0 Å². The molecule has 2 N–H and O–H groups in total. The van der Waals surface area contributed by atoms with E-state index in [0.29, 0.717) is 0 Å². The molecule has 0 aromatic heterocycles. The van der Waals surface area contributed by atoms with Crippen molar-refractivity contribution >= 4 is 43.6 Å². The number of rotatable bonds is 6. The lowest BCUT2D eigenvalue weighted by Crippen LogP contribution is -1.96. The maximum absolute atomic E-state index is 9.53. The Morgan fingerprint density at radius 2 is 1.22 bits per heavy atom. The summed E-state index contributed by atoms with van der Waals surface area (Å²) < 4.78 is 0. The van der Waals surface area contributed by atoms with E-state index >= 15 is 0 Å². The number of hydrogen-bond acceptors (Lipinski definition) is 3. The third kappa shape index (κ3) is 4.40. The summed E-state index contributed by atoms with van der Waals surface area (Å²) in [6.07, 6.45) is 0. The first-order chi connectivity index (χ1) is 11.0. The van der Waals surface area contributed by atoms with Gasteiger partial charge in [0, 0.05) is 20.5 Å². The highest BCUT2D eigenvalue weighted by atomic mass is 79.9. The molecule has 2 aromatic carbocycles. The van der Waals surface area contributed by atoms with Gasteiger partial charge in [-0.2, -0.15) is 0 Å². The van der Waals surface area contributed by atoms with Gasteiger partial charge in [-0.05, 0) is 59.4 Å². The Labute approximate surface area is 158 Å². The van der Waals surface area contributed by atoms with Crippen LogP contribution >= 0.6 is 43.6 Å². The molecule has 0 aliphatic carbocycles. The van der Waals surface area contributed by atoms with Gasteiger partial charge in [0.05, 0.1) is 13.2 Å². The van der Waals surface area contributed by atoms with Gasteiger partial charge in [0.15, 0.2) is 0 Å². The number of aryl methyl sites for hydroxylation is 2. The van der Waals surface area contributed by atoms with Crippen LogP contribution in [-0.4, -0.2) is 10.2 Å². The number of alkyl halides is 2. The summed E-state index contributed by atoms with van der Waals surface area (Å²) in [4.78, 5) is 2.32. The van der Waals surface area contributed by atoms with Gasteiger partial charge >= 0.3 is 0 Å². The van der Waals surface area contributed by atoms with Crippen molar-refractivity contribution in [1.82, 2.24) is 0 Å². The van der Waals surface area contributed by atoms with Crippen molar-refractivity contribution < 1.29 is 10.2 Å². The third-order valence-electron chi connectivity index (χ3n) is 3.89. The van der Waals surface area contributed by atoms with E-state index in [1.165, 1.54) is 10.5 Å². The molecule has 0 radical (unpaired) electrons. The number of halogens is 2. The fraction of sp³-hybridized carbons (Fsp3) is 0.333. The van der Waals surface area contributed by atoms with Crippen LogP contribution in [-0.2, 0) is 23.9 Å². The zero-order valence-electron chi connectivity index (χ0n) is 13.2. The first kappa shape index (κ1) is 19.0. The molecular weight excluding hydrogens is 440 g/mol. The molecule has 0 atom stereocenters. The van der Waals surface area contributed by atoms with Crippen LogP contribution < -0.4 is 0 Å². The summed E-state index contributed by atoms with van der Waals surface area (Å²) in [5.41, 5.74) is 6.50. The van der Waals surface area contributed by atoms with E-state index in [0.717, 1.165) is 43.4 Å². The van der Waals surface area contributed by atoms with Gasteiger partial charge in [-0.25, -0.2) is 0 Å². The van der Waals surface area contributed by atoms with Crippen LogP contribution in [0, 0.1) is 13.8 Å². The fourth-order valence-corrected chi connectivity index (χ4v) is 4.92. The monoisotopic (exact) mass is 458 g/mol. The van der Waals surface area contributed by atoms with E-state index in [4.69, 9.17) is 0 Å². The Morgan fingerprint density at radius 3 is 1.78 bits per heavy atom. The van der Waals surface area contributed by atoms with Crippen LogP contribution in [0.15, 0.2) is 34.1 Å². The average Bonchev–Trinajstić information content (AvgIpc) is 2.56. The topological polar surface area (TPSA) is 40.5 Å². The predicted octanol–water partition coefficient (Wildman–Crippen LogP) is 5.23. The van der Waals surface area contributed by atoms with Gasteiger partial charge in [0.1, 0.15) is 0 Å². The standard InChI is InChI=1S/C18H20Br2O2S/c1-11-3-13(7-19)18(6-16(11)10-22)23-17-4-12(2)15(9-21)5-14(17)8-20/h3-6,21-22H,7-10H2,1-2H3. The molecule has 2 rings (SSSR count). The number of benzene rings is 2. The molecule has 0 fully saturated rings. The van der Waals surface area contributed by atoms with Crippen LogP contribution in [0.5, 0.6) is 0 Å². The Kier molecular flexibility index (Phi) is 7.17. The highest BCUT2D eigenvalue weighted by Crippen LogP contribution is 2.37. The second kappa shape index (κ2) is 8.67. The molecule has 0 aliphatic heterocycles. The molecular formula is C18H20Br2O2S. The molecule has 0 saturated heterocycles. The zero-order chi connectivity index (χ0) is 17.0. The average molecular weight is 460 g/mol. The van der Waals surface area contributed by atoms with Crippen molar-refractivity contribution in [1.29, 1.82) is 0 Å². The highest BCUT2D eigenvalue weighted by molar-refractivity contribution is 9.08. The van der Waals surface area contributed by atoms with Crippen LogP contribution in [0.1, 0.15) is 33.4 Å². The van der Waals surface area contributed by atoms with Gasteiger partial charge in [-0.1, -0.05) is 55.8 Å². The lowest BCUT2D eigenvalue weighted by molar-refractivity contribution is 0.280. The molecule has 124 valence electrons. The van der Waals surface area contributed by atoms with Crippen LogP contribution in [0.3, 0.4) is 0 Å². The molecule has 0 saturated carbocycles. The lowest BCUT2D eigenvalue weighted by atomic mass is 10.1. The Hall–Kier alpha value is -0.330. The largest absolute Gasteiger partial charge is 0.392 e. The van der Waals surface area contributed by atoms with Crippen molar-refractivity contribution in [3.63, 3.8) is 0 Å². The minimum atomic E-state index is 0.0513. The van der Waals surface area contributed by atoms with Crippen molar-refractivity contribution in [3.05, 3.63) is 57.6 Å². The minimum absolute atomic E-state index is 0.0513. The first-order valence-electron chi connectivity index (χ1n) is 7.30. The Bertz CT molecular complexity index is 702. The van der Waals surface area contributed by atoms with Gasteiger partial charge in [-0.3, -0.25) is 0 Å². The molecule has 0 bridgehead atoms. The zero-order valence-corrected chi connectivity index (χ0v) is 17.2. The third-order valence-corrected chi connectivity index (χ3v) is 6.29. The number of aliphatic hydroxyl groups excluding tert-OH is 2. The second-order valence-corrected chi connectivity index (χ2v) is 7.66. The quantitative estimate of drug-likeness (QED) is 0.581. The molecule has 0 amide bonds. The summed E-state index contributed by atoms with van der Waals surface area (Å²) >= 11 is 8.81. The van der Waals surface area contributed by atoms with Gasteiger partial charge < -0.3 is 10.2 Å². The molecule has 0 spiro atoms. The van der Waals surface area contributed by atoms with Crippen molar-refractivity contribution in [2.45, 2.75) is 47.5 Å². The summed E-state index contributed by atoms with van der Waals surface area (Å²) in [7, 11) is 0.